The molecule has 0 bridgehead atoms. The minimum atomic E-state index is -0.100. The quantitative estimate of drug-likeness (QED) is 0.652. The van der Waals surface area contributed by atoms with Crippen LogP contribution in [0.4, 0.5) is 0 Å². The van der Waals surface area contributed by atoms with Gasteiger partial charge >= 0.3 is 0 Å². The first-order valence-electron chi connectivity index (χ1n) is 4.35. The van der Waals surface area contributed by atoms with Crippen LogP contribution in [0.1, 0.15) is 42.3 Å². The molecule has 1 fully saturated rings. The summed E-state index contributed by atoms with van der Waals surface area (Å²) in [6, 6.07) is 0. The molecule has 0 aliphatic carbocycles. The molecule has 13 heavy (non-hydrogen) atoms. The van der Waals surface area contributed by atoms with Gasteiger partial charge in [-0.3, -0.25) is 4.79 Å². The predicted octanol–water partition coefficient (Wildman–Crippen LogP) is 1.73. The molecule has 1 aromatic rings. The molecule has 0 aromatic carbocycles. The average molecular weight is 181 g/mol. The second-order valence-electron chi connectivity index (χ2n) is 3.12. The van der Waals surface area contributed by atoms with Crippen molar-refractivity contribution < 1.29 is 13.9 Å². The lowest BCUT2D eigenvalue weighted by molar-refractivity contribution is 0.0849. The number of rotatable bonds is 2. The fraction of sp³-hybridized carbons (Fsp3) is 0.556. The second-order valence-corrected chi connectivity index (χ2v) is 3.12. The van der Waals surface area contributed by atoms with E-state index in [0.29, 0.717) is 11.7 Å². The normalized spacial score (nSPS) is 22.1. The number of ketones is 1. The number of hydrogen-bond donors (Lipinski definition) is 0. The standard InChI is InChI=1S/C9H11NO3/c1-6(11)8-5-10-9(13-8)7-3-2-4-12-7/h5,7H,2-4H2,1H3. The number of nitrogens with zero attached hydrogens (tertiary/aromatic N) is 1. The van der Waals surface area contributed by atoms with Gasteiger partial charge in [0.25, 0.3) is 0 Å². The van der Waals surface area contributed by atoms with Gasteiger partial charge in [0, 0.05) is 13.5 Å². The minimum Gasteiger partial charge on any atom is -0.435 e. The molecule has 4 heteroatoms. The van der Waals surface area contributed by atoms with Gasteiger partial charge in [-0.1, -0.05) is 0 Å². The maximum atomic E-state index is 10.9. The van der Waals surface area contributed by atoms with Crippen LogP contribution in [0.25, 0.3) is 0 Å². The highest BCUT2D eigenvalue weighted by molar-refractivity contribution is 5.90. The third-order valence-electron chi connectivity index (χ3n) is 2.08. The lowest BCUT2D eigenvalue weighted by atomic mass is 10.2. The lowest BCUT2D eigenvalue weighted by Gasteiger charge is -2.01. The zero-order valence-corrected chi connectivity index (χ0v) is 7.45. The lowest BCUT2D eigenvalue weighted by Crippen LogP contribution is -1.95. The molecule has 1 saturated heterocycles. The number of hydrogen-bond acceptors (Lipinski definition) is 4. The van der Waals surface area contributed by atoms with E-state index in [1.54, 1.807) is 0 Å². The van der Waals surface area contributed by atoms with E-state index in [1.807, 2.05) is 0 Å². The van der Waals surface area contributed by atoms with E-state index in [-0.39, 0.29) is 11.9 Å². The second kappa shape index (κ2) is 3.30. The van der Waals surface area contributed by atoms with Gasteiger partial charge < -0.3 is 9.15 Å². The maximum Gasteiger partial charge on any atom is 0.224 e. The number of carbonyl (C=O) groups excluding carboxylic acids is 1. The summed E-state index contributed by atoms with van der Waals surface area (Å²) in [4.78, 5) is 14.9. The van der Waals surface area contributed by atoms with Crippen LogP contribution in [-0.2, 0) is 4.74 Å². The molecule has 0 spiro atoms. The zero-order chi connectivity index (χ0) is 9.26. The molecule has 2 rings (SSSR count). The molecule has 2 heterocycles. The van der Waals surface area contributed by atoms with E-state index in [0.717, 1.165) is 19.4 Å². The van der Waals surface area contributed by atoms with Crippen molar-refractivity contribution >= 4 is 5.78 Å². The van der Waals surface area contributed by atoms with Crippen molar-refractivity contribution in [2.75, 3.05) is 6.61 Å². The van der Waals surface area contributed by atoms with Gasteiger partial charge in [0.05, 0.1) is 6.20 Å². The predicted molar refractivity (Wildman–Crippen MR) is 44.4 cm³/mol. The summed E-state index contributed by atoms with van der Waals surface area (Å²) in [5, 5.41) is 0. The van der Waals surface area contributed by atoms with E-state index in [1.165, 1.54) is 13.1 Å². The van der Waals surface area contributed by atoms with Crippen molar-refractivity contribution in [3.05, 3.63) is 17.8 Å². The van der Waals surface area contributed by atoms with Gasteiger partial charge in [0.1, 0.15) is 6.10 Å². The van der Waals surface area contributed by atoms with Gasteiger partial charge in [-0.05, 0) is 12.8 Å². The van der Waals surface area contributed by atoms with E-state index in [9.17, 15) is 4.79 Å². The molecule has 1 aliphatic heterocycles. The van der Waals surface area contributed by atoms with Gasteiger partial charge in [-0.25, -0.2) is 4.98 Å². The number of aromatic nitrogens is 1. The Balaban J connectivity index is 2.16. The Bertz CT molecular complexity index is 312. The summed E-state index contributed by atoms with van der Waals surface area (Å²) in [7, 11) is 0. The maximum absolute atomic E-state index is 10.9. The fourth-order valence-corrected chi connectivity index (χ4v) is 1.37. The molecular weight excluding hydrogens is 170 g/mol. The Kier molecular flexibility index (Phi) is 2.14. The van der Waals surface area contributed by atoms with Gasteiger partial charge in [-0.2, -0.15) is 0 Å². The Labute approximate surface area is 75.9 Å². The average Bonchev–Trinajstić information content (AvgIpc) is 2.75. The highest BCUT2D eigenvalue weighted by Crippen LogP contribution is 2.27. The van der Waals surface area contributed by atoms with Gasteiger partial charge in [0.2, 0.25) is 5.89 Å². The topological polar surface area (TPSA) is 52.3 Å². The highest BCUT2D eigenvalue weighted by Gasteiger charge is 2.23. The van der Waals surface area contributed by atoms with Crippen LogP contribution in [0, 0.1) is 0 Å². The van der Waals surface area contributed by atoms with Crippen molar-refractivity contribution in [3.63, 3.8) is 0 Å². The van der Waals surface area contributed by atoms with Crippen molar-refractivity contribution in [1.82, 2.24) is 4.98 Å². The summed E-state index contributed by atoms with van der Waals surface area (Å²) in [6.45, 7) is 2.21. The van der Waals surface area contributed by atoms with Crippen LogP contribution in [0.15, 0.2) is 10.6 Å². The van der Waals surface area contributed by atoms with Crippen LogP contribution >= 0.6 is 0 Å². The molecule has 1 aliphatic rings. The summed E-state index contributed by atoms with van der Waals surface area (Å²) in [5.74, 6) is 0.741. The highest BCUT2D eigenvalue weighted by atomic mass is 16.5. The smallest absolute Gasteiger partial charge is 0.224 e. The van der Waals surface area contributed by atoms with E-state index < -0.39 is 0 Å². The molecule has 1 aromatic heterocycles. The summed E-state index contributed by atoms with van der Waals surface area (Å²) >= 11 is 0. The monoisotopic (exact) mass is 181 g/mol. The van der Waals surface area contributed by atoms with E-state index in [2.05, 4.69) is 4.98 Å². The summed E-state index contributed by atoms with van der Waals surface area (Å²) < 4.78 is 10.6. The molecule has 0 radical (unpaired) electrons. The zero-order valence-electron chi connectivity index (χ0n) is 7.45. The molecule has 0 N–H and O–H groups in total. The van der Waals surface area contributed by atoms with Crippen molar-refractivity contribution in [2.45, 2.75) is 25.9 Å². The molecule has 0 amide bonds. The van der Waals surface area contributed by atoms with Crippen LogP contribution in [0.3, 0.4) is 0 Å². The molecule has 0 saturated carbocycles. The van der Waals surface area contributed by atoms with Crippen LogP contribution in [-0.4, -0.2) is 17.4 Å². The Morgan fingerprint density at radius 3 is 3.08 bits per heavy atom. The molecule has 70 valence electrons. The Morgan fingerprint density at radius 2 is 2.54 bits per heavy atom. The largest absolute Gasteiger partial charge is 0.435 e. The summed E-state index contributed by atoms with van der Waals surface area (Å²) in [5.41, 5.74) is 0. The number of oxazole rings is 1. The third-order valence-corrected chi connectivity index (χ3v) is 2.08. The van der Waals surface area contributed by atoms with Crippen LogP contribution < -0.4 is 0 Å². The minimum absolute atomic E-state index is 0.0481. The number of ether oxygens (including phenoxy) is 1. The first kappa shape index (κ1) is 8.44. The van der Waals surface area contributed by atoms with Crippen LogP contribution in [0.2, 0.25) is 0 Å². The molecule has 1 unspecified atom stereocenters. The third kappa shape index (κ3) is 1.62. The van der Waals surface area contributed by atoms with Gasteiger partial charge in [0.15, 0.2) is 11.5 Å². The van der Waals surface area contributed by atoms with E-state index in [4.69, 9.17) is 9.15 Å². The van der Waals surface area contributed by atoms with Crippen molar-refractivity contribution in [2.24, 2.45) is 0 Å². The molecule has 1 atom stereocenters. The van der Waals surface area contributed by atoms with Crippen molar-refractivity contribution in [1.29, 1.82) is 0 Å². The first-order valence-corrected chi connectivity index (χ1v) is 4.35. The molecule has 4 nitrogen and oxygen atoms in total. The molecular formula is C9H11NO3. The van der Waals surface area contributed by atoms with Crippen LogP contribution in [0.5, 0.6) is 0 Å². The van der Waals surface area contributed by atoms with E-state index >= 15 is 0 Å². The number of carbonyl (C=O) groups is 1. The first-order chi connectivity index (χ1) is 6.27. The van der Waals surface area contributed by atoms with Gasteiger partial charge in [-0.15, -0.1) is 0 Å². The Hall–Kier alpha value is -1.16. The fourth-order valence-electron chi connectivity index (χ4n) is 1.37. The summed E-state index contributed by atoms with van der Waals surface area (Å²) in [6.07, 6.45) is 3.37. The Morgan fingerprint density at radius 1 is 1.69 bits per heavy atom. The number of Topliss-reactive ketones (excluding diaryl/α,β-unsaturated/α-hetero) is 1. The SMILES string of the molecule is CC(=O)c1cnc(C2CCCO2)o1. The van der Waals surface area contributed by atoms with Crippen molar-refractivity contribution in [3.8, 4) is 0 Å².